The van der Waals surface area contributed by atoms with E-state index in [0.29, 0.717) is 25.7 Å². The third-order valence-corrected chi connectivity index (χ3v) is 6.40. The lowest BCUT2D eigenvalue weighted by atomic mass is 10.1. The summed E-state index contributed by atoms with van der Waals surface area (Å²) in [6.45, 7) is 3.78. The molecule has 1 saturated heterocycles. The number of aliphatic imine (C=N–C) groups is 1. The minimum absolute atomic E-state index is 0. The van der Waals surface area contributed by atoms with Gasteiger partial charge in [-0.1, -0.05) is 18.2 Å². The highest BCUT2D eigenvalue weighted by Crippen LogP contribution is 2.24. The van der Waals surface area contributed by atoms with Gasteiger partial charge >= 0.3 is 0 Å². The number of hydrogen-bond donors (Lipinski definition) is 3. The van der Waals surface area contributed by atoms with Gasteiger partial charge in [0.05, 0.1) is 18.4 Å². The van der Waals surface area contributed by atoms with Crippen molar-refractivity contribution in [3.63, 3.8) is 0 Å². The van der Waals surface area contributed by atoms with Crippen molar-refractivity contribution in [2.24, 2.45) is 4.99 Å². The van der Waals surface area contributed by atoms with Crippen molar-refractivity contribution in [1.82, 2.24) is 15.4 Å². The Morgan fingerprint density at radius 1 is 1.23 bits per heavy atom. The molecule has 0 aliphatic carbocycles. The van der Waals surface area contributed by atoms with Gasteiger partial charge in [-0.25, -0.2) is 13.1 Å². The Kier molecular flexibility index (Phi) is 9.85. The molecule has 1 unspecified atom stereocenters. The maximum atomic E-state index is 12.2. The summed E-state index contributed by atoms with van der Waals surface area (Å²) < 4.78 is 38.4. The smallest absolute Gasteiger partial charge is 0.213 e. The van der Waals surface area contributed by atoms with Gasteiger partial charge in [0.1, 0.15) is 11.3 Å². The van der Waals surface area contributed by atoms with Crippen LogP contribution in [0.4, 0.5) is 0 Å². The van der Waals surface area contributed by atoms with E-state index in [1.54, 1.807) is 7.05 Å². The fourth-order valence-corrected chi connectivity index (χ4v) is 4.30. The zero-order valence-corrected chi connectivity index (χ0v) is 20.6. The molecule has 1 fully saturated rings. The minimum Gasteiger partial charge on any atom is -0.459 e. The van der Waals surface area contributed by atoms with Gasteiger partial charge in [-0.15, -0.1) is 24.0 Å². The Morgan fingerprint density at radius 3 is 2.73 bits per heavy atom. The molecule has 0 spiro atoms. The van der Waals surface area contributed by atoms with Crippen molar-refractivity contribution in [1.29, 1.82) is 0 Å². The lowest BCUT2D eigenvalue weighted by molar-refractivity contribution is 0.0200. The summed E-state index contributed by atoms with van der Waals surface area (Å²) in [6, 6.07) is 7.89. The molecule has 1 aliphatic rings. The third-order valence-electron chi connectivity index (χ3n) is 5.05. The number of para-hydroxylation sites is 1. The standard InChI is InChI=1S/C20H30N4O4S.HI/c1-15-17-8-3-4-9-18(17)28-19(15)14-23-20(21-2)22-10-12-29(25,26)24-13-16-7-5-6-11-27-16;/h3-4,8-9,16,24H,5-7,10-14H2,1-2H3,(H2,21,22,23);1H. The predicted molar refractivity (Wildman–Crippen MR) is 130 cm³/mol. The van der Waals surface area contributed by atoms with Crippen LogP contribution >= 0.6 is 24.0 Å². The summed E-state index contributed by atoms with van der Waals surface area (Å²) in [4.78, 5) is 4.14. The van der Waals surface area contributed by atoms with Crippen LogP contribution < -0.4 is 15.4 Å². The first-order valence-corrected chi connectivity index (χ1v) is 11.6. The molecule has 0 amide bonds. The molecule has 1 aliphatic heterocycles. The van der Waals surface area contributed by atoms with Crippen molar-refractivity contribution in [3.8, 4) is 0 Å². The van der Waals surface area contributed by atoms with E-state index in [0.717, 1.165) is 41.6 Å². The van der Waals surface area contributed by atoms with Crippen LogP contribution in [0, 0.1) is 6.92 Å². The number of fused-ring (bicyclic) bond motifs is 1. The zero-order chi connectivity index (χ0) is 20.7. The molecule has 2 aromatic rings. The molecule has 168 valence electrons. The van der Waals surface area contributed by atoms with Crippen LogP contribution in [0.15, 0.2) is 33.7 Å². The summed E-state index contributed by atoms with van der Waals surface area (Å²) in [7, 11) is -1.72. The first-order chi connectivity index (χ1) is 14.0. The van der Waals surface area contributed by atoms with Crippen molar-refractivity contribution < 1.29 is 17.6 Å². The Bertz CT molecular complexity index is 939. The molecule has 0 saturated carbocycles. The number of halogens is 1. The lowest BCUT2D eigenvalue weighted by Gasteiger charge is -2.22. The van der Waals surface area contributed by atoms with Crippen LogP contribution in [0.2, 0.25) is 0 Å². The molecule has 8 nitrogen and oxygen atoms in total. The van der Waals surface area contributed by atoms with Crippen molar-refractivity contribution >= 4 is 50.9 Å². The fraction of sp³-hybridized carbons (Fsp3) is 0.550. The van der Waals surface area contributed by atoms with Gasteiger partial charge in [-0.3, -0.25) is 4.99 Å². The first kappa shape index (κ1) is 24.9. The first-order valence-electron chi connectivity index (χ1n) is 9.99. The zero-order valence-electron chi connectivity index (χ0n) is 17.4. The van der Waals surface area contributed by atoms with E-state index in [9.17, 15) is 8.42 Å². The largest absolute Gasteiger partial charge is 0.459 e. The second kappa shape index (κ2) is 11.9. The van der Waals surface area contributed by atoms with E-state index < -0.39 is 10.0 Å². The van der Waals surface area contributed by atoms with Crippen molar-refractivity contribution in [2.45, 2.75) is 38.8 Å². The summed E-state index contributed by atoms with van der Waals surface area (Å²) in [6.07, 6.45) is 3.01. The van der Waals surface area contributed by atoms with Gasteiger partial charge in [0.15, 0.2) is 5.96 Å². The van der Waals surface area contributed by atoms with E-state index in [1.165, 1.54) is 0 Å². The molecule has 0 radical (unpaired) electrons. The van der Waals surface area contributed by atoms with Crippen LogP contribution in [-0.4, -0.2) is 53.0 Å². The number of nitrogens with one attached hydrogen (secondary N) is 3. The molecule has 1 atom stereocenters. The topological polar surface area (TPSA) is 105 Å². The van der Waals surface area contributed by atoms with E-state index in [-0.39, 0.29) is 42.4 Å². The number of aryl methyl sites for hydroxylation is 1. The predicted octanol–water partition coefficient (Wildman–Crippen LogP) is 2.51. The maximum Gasteiger partial charge on any atom is 0.213 e. The second-order valence-electron chi connectivity index (χ2n) is 7.15. The van der Waals surface area contributed by atoms with Gasteiger partial charge in [-0.2, -0.15) is 0 Å². The highest BCUT2D eigenvalue weighted by Gasteiger charge is 2.17. The highest BCUT2D eigenvalue weighted by atomic mass is 127. The van der Waals surface area contributed by atoms with Crippen LogP contribution in [0.3, 0.4) is 0 Å². The number of guanidine groups is 1. The summed E-state index contributed by atoms with van der Waals surface area (Å²) >= 11 is 0. The fourth-order valence-electron chi connectivity index (χ4n) is 3.34. The Morgan fingerprint density at radius 2 is 2.03 bits per heavy atom. The number of nitrogens with zero attached hydrogens (tertiary/aromatic N) is 1. The SMILES string of the molecule is CN=C(NCCS(=O)(=O)NCC1CCCCO1)NCc1oc2ccccc2c1C.I. The number of furan rings is 1. The van der Waals surface area contributed by atoms with Gasteiger partial charge in [0, 0.05) is 37.7 Å². The van der Waals surface area contributed by atoms with E-state index in [2.05, 4.69) is 20.3 Å². The van der Waals surface area contributed by atoms with Crippen molar-refractivity contribution in [2.75, 3.05) is 32.5 Å². The van der Waals surface area contributed by atoms with Crippen LogP contribution in [0.25, 0.3) is 11.0 Å². The van der Waals surface area contributed by atoms with E-state index in [4.69, 9.17) is 9.15 Å². The number of hydrogen-bond acceptors (Lipinski definition) is 5. The number of benzene rings is 1. The van der Waals surface area contributed by atoms with E-state index in [1.807, 2.05) is 31.2 Å². The Labute approximate surface area is 195 Å². The minimum atomic E-state index is -3.37. The lowest BCUT2D eigenvalue weighted by Crippen LogP contribution is -2.42. The number of rotatable bonds is 8. The normalized spacial score (nSPS) is 17.5. The monoisotopic (exact) mass is 550 g/mol. The van der Waals surface area contributed by atoms with Crippen LogP contribution in [-0.2, 0) is 21.3 Å². The molecule has 1 aromatic heterocycles. The molecule has 10 heteroatoms. The molecule has 3 N–H and O–H groups in total. The third kappa shape index (κ3) is 7.10. The molecule has 3 rings (SSSR count). The summed E-state index contributed by atoms with van der Waals surface area (Å²) in [5, 5.41) is 7.29. The summed E-state index contributed by atoms with van der Waals surface area (Å²) in [5.74, 6) is 1.32. The maximum absolute atomic E-state index is 12.2. The quantitative estimate of drug-likeness (QED) is 0.265. The Hall–Kier alpha value is -1.37. The average Bonchev–Trinajstić information content (AvgIpc) is 3.06. The van der Waals surface area contributed by atoms with E-state index >= 15 is 0 Å². The van der Waals surface area contributed by atoms with Gasteiger partial charge in [0.2, 0.25) is 10.0 Å². The highest BCUT2D eigenvalue weighted by molar-refractivity contribution is 14.0. The van der Waals surface area contributed by atoms with Gasteiger partial charge in [-0.05, 0) is 32.3 Å². The number of sulfonamides is 1. The van der Waals surface area contributed by atoms with Gasteiger partial charge in [0.25, 0.3) is 0 Å². The number of ether oxygens (including phenoxy) is 1. The molecule has 0 bridgehead atoms. The molecular formula is C20H31IN4O4S. The van der Waals surface area contributed by atoms with Crippen molar-refractivity contribution in [3.05, 3.63) is 35.6 Å². The van der Waals surface area contributed by atoms with Gasteiger partial charge < -0.3 is 19.8 Å². The molecule has 1 aromatic carbocycles. The average molecular weight is 550 g/mol. The Balaban J connectivity index is 0.00000320. The van der Waals surface area contributed by atoms with Crippen LogP contribution in [0.5, 0.6) is 0 Å². The molecule has 30 heavy (non-hydrogen) atoms. The molecule has 2 heterocycles. The molecular weight excluding hydrogens is 519 g/mol. The van der Waals surface area contributed by atoms with Crippen LogP contribution in [0.1, 0.15) is 30.6 Å². The second-order valence-corrected chi connectivity index (χ2v) is 9.08. The summed E-state index contributed by atoms with van der Waals surface area (Å²) in [5.41, 5.74) is 1.93.